The predicted octanol–water partition coefficient (Wildman–Crippen LogP) is 3.05. The monoisotopic (exact) mass is 334 g/mol. The second kappa shape index (κ2) is 6.31. The molecule has 0 aliphatic carbocycles. The molecule has 1 aromatic carbocycles. The summed E-state index contributed by atoms with van der Waals surface area (Å²) in [5.74, 6) is 0. The highest BCUT2D eigenvalue weighted by atomic mass is 19.4. The first-order chi connectivity index (χ1) is 11.4. The van der Waals surface area contributed by atoms with E-state index in [-0.39, 0.29) is 0 Å². The fraction of sp³-hybridized carbons (Fsp3) is 0.188. The van der Waals surface area contributed by atoms with Crippen molar-refractivity contribution in [2.24, 2.45) is 0 Å². The van der Waals surface area contributed by atoms with Crippen molar-refractivity contribution in [2.45, 2.75) is 19.1 Å². The van der Waals surface area contributed by atoms with Crippen LogP contribution in [0.15, 0.2) is 59.5 Å². The zero-order valence-electron chi connectivity index (χ0n) is 12.4. The summed E-state index contributed by atoms with van der Waals surface area (Å²) in [7, 11) is 0. The number of aryl methyl sites for hydroxylation is 1. The van der Waals surface area contributed by atoms with Crippen LogP contribution in [-0.4, -0.2) is 25.7 Å². The minimum absolute atomic E-state index is 0.373. The van der Waals surface area contributed by atoms with Gasteiger partial charge in [0.15, 0.2) is 0 Å². The molecule has 0 atom stereocenters. The molecule has 3 rings (SSSR count). The second-order valence-corrected chi connectivity index (χ2v) is 5.11. The van der Waals surface area contributed by atoms with Gasteiger partial charge in [-0.15, -0.1) is 0 Å². The summed E-state index contributed by atoms with van der Waals surface area (Å²) >= 11 is 0. The Morgan fingerprint density at radius 3 is 2.46 bits per heavy atom. The zero-order chi connectivity index (χ0) is 17.2. The molecule has 0 amide bonds. The molecule has 0 fully saturated rings. The van der Waals surface area contributed by atoms with Crippen molar-refractivity contribution in [1.82, 2.24) is 19.6 Å². The number of alkyl halides is 3. The second-order valence-electron chi connectivity index (χ2n) is 5.11. The van der Waals surface area contributed by atoms with Crippen molar-refractivity contribution in [1.29, 1.82) is 0 Å². The average molecular weight is 334 g/mol. The maximum absolute atomic E-state index is 12.4. The Morgan fingerprint density at radius 1 is 1.00 bits per heavy atom. The summed E-state index contributed by atoms with van der Waals surface area (Å²) in [5, 5.41) is 8.26. The van der Waals surface area contributed by atoms with Crippen molar-refractivity contribution < 1.29 is 13.2 Å². The summed E-state index contributed by atoms with van der Waals surface area (Å²) in [4.78, 5) is 11.7. The highest BCUT2D eigenvalue weighted by molar-refractivity contribution is 5.56. The Balaban J connectivity index is 1.97. The van der Waals surface area contributed by atoms with Gasteiger partial charge in [0, 0.05) is 6.07 Å². The van der Waals surface area contributed by atoms with E-state index in [0.29, 0.717) is 11.4 Å². The van der Waals surface area contributed by atoms with Gasteiger partial charge < -0.3 is 0 Å². The first kappa shape index (κ1) is 16.0. The average Bonchev–Trinajstić information content (AvgIpc) is 3.04. The fourth-order valence-electron chi connectivity index (χ4n) is 2.25. The van der Waals surface area contributed by atoms with E-state index in [9.17, 15) is 18.0 Å². The number of hydrogen-bond acceptors (Lipinski definition) is 3. The number of halogens is 3. The molecule has 0 spiro atoms. The highest BCUT2D eigenvalue weighted by Crippen LogP contribution is 2.21. The SMILES string of the molecule is O=c1ccc(-c2ccnn2-c2ccccc2)nn1CCC(F)(F)F. The third kappa shape index (κ3) is 3.53. The van der Waals surface area contributed by atoms with Crippen LogP contribution in [0.2, 0.25) is 0 Å². The molecule has 0 saturated heterocycles. The van der Waals surface area contributed by atoms with E-state index < -0.39 is 24.7 Å². The lowest BCUT2D eigenvalue weighted by molar-refractivity contribution is -0.137. The third-order valence-corrected chi connectivity index (χ3v) is 3.38. The molecule has 2 aromatic heterocycles. The maximum Gasteiger partial charge on any atom is 0.390 e. The van der Waals surface area contributed by atoms with E-state index in [1.165, 1.54) is 12.1 Å². The maximum atomic E-state index is 12.4. The largest absolute Gasteiger partial charge is 0.390 e. The number of hydrogen-bond donors (Lipinski definition) is 0. The fourth-order valence-corrected chi connectivity index (χ4v) is 2.25. The first-order valence-corrected chi connectivity index (χ1v) is 7.19. The Kier molecular flexibility index (Phi) is 4.20. The summed E-state index contributed by atoms with van der Waals surface area (Å²) in [5.41, 5.74) is 1.17. The molecule has 0 radical (unpaired) electrons. The summed E-state index contributed by atoms with van der Waals surface area (Å²) < 4.78 is 39.6. The third-order valence-electron chi connectivity index (χ3n) is 3.38. The van der Waals surface area contributed by atoms with Crippen molar-refractivity contribution in [3.63, 3.8) is 0 Å². The molecule has 3 aromatic rings. The van der Waals surface area contributed by atoms with Gasteiger partial charge in [0.2, 0.25) is 0 Å². The predicted molar refractivity (Wildman–Crippen MR) is 81.7 cm³/mol. The number of nitrogens with zero attached hydrogens (tertiary/aromatic N) is 4. The number of para-hydroxylation sites is 1. The van der Waals surface area contributed by atoms with Crippen molar-refractivity contribution in [3.8, 4) is 17.1 Å². The van der Waals surface area contributed by atoms with Crippen molar-refractivity contribution >= 4 is 0 Å². The lowest BCUT2D eigenvalue weighted by atomic mass is 10.2. The van der Waals surface area contributed by atoms with Crippen LogP contribution in [0.1, 0.15) is 6.42 Å². The number of benzene rings is 1. The lowest BCUT2D eigenvalue weighted by Gasteiger charge is -2.10. The van der Waals surface area contributed by atoms with Crippen LogP contribution in [0, 0.1) is 0 Å². The van der Waals surface area contributed by atoms with Gasteiger partial charge in [-0.2, -0.15) is 23.4 Å². The molecular weight excluding hydrogens is 321 g/mol. The Bertz CT molecular complexity index is 884. The summed E-state index contributed by atoms with van der Waals surface area (Å²) in [6.07, 6.45) is -3.89. The topological polar surface area (TPSA) is 52.7 Å². The van der Waals surface area contributed by atoms with Gasteiger partial charge in [-0.05, 0) is 24.3 Å². The molecular formula is C16H13F3N4O. The normalized spacial score (nSPS) is 11.6. The lowest BCUT2D eigenvalue weighted by Crippen LogP contribution is -2.25. The van der Waals surface area contributed by atoms with E-state index in [1.54, 1.807) is 16.9 Å². The zero-order valence-corrected chi connectivity index (χ0v) is 12.4. The van der Waals surface area contributed by atoms with Crippen LogP contribution in [0.3, 0.4) is 0 Å². The van der Waals surface area contributed by atoms with E-state index in [4.69, 9.17) is 0 Å². The quantitative estimate of drug-likeness (QED) is 0.737. The van der Waals surface area contributed by atoms with Crippen molar-refractivity contribution in [3.05, 3.63) is 65.1 Å². The molecule has 24 heavy (non-hydrogen) atoms. The van der Waals surface area contributed by atoms with Crippen LogP contribution in [0.25, 0.3) is 17.1 Å². The molecule has 8 heteroatoms. The van der Waals surface area contributed by atoms with Gasteiger partial charge in [-0.1, -0.05) is 18.2 Å². The Hall–Kier alpha value is -2.90. The summed E-state index contributed by atoms with van der Waals surface area (Å²) in [6.45, 7) is -0.518. The van der Waals surface area contributed by atoms with E-state index in [0.717, 1.165) is 10.4 Å². The van der Waals surface area contributed by atoms with Gasteiger partial charge in [0.25, 0.3) is 5.56 Å². The van der Waals surface area contributed by atoms with Crippen LogP contribution in [-0.2, 0) is 6.54 Å². The molecule has 0 unspecified atom stereocenters. The minimum Gasteiger partial charge on any atom is -0.268 e. The first-order valence-electron chi connectivity index (χ1n) is 7.19. The molecule has 0 bridgehead atoms. The van der Waals surface area contributed by atoms with Gasteiger partial charge in [0.1, 0.15) is 5.69 Å². The minimum atomic E-state index is -4.34. The van der Waals surface area contributed by atoms with Gasteiger partial charge in [-0.25, -0.2) is 9.36 Å². The van der Waals surface area contributed by atoms with E-state index >= 15 is 0 Å². The number of aromatic nitrogens is 4. The molecule has 124 valence electrons. The van der Waals surface area contributed by atoms with Crippen molar-refractivity contribution in [2.75, 3.05) is 0 Å². The van der Waals surface area contributed by atoms with Gasteiger partial charge in [-0.3, -0.25) is 4.79 Å². The van der Waals surface area contributed by atoms with E-state index in [2.05, 4.69) is 10.2 Å². The van der Waals surface area contributed by atoms with Crippen LogP contribution >= 0.6 is 0 Å². The highest BCUT2D eigenvalue weighted by Gasteiger charge is 2.27. The Morgan fingerprint density at radius 2 is 1.75 bits per heavy atom. The van der Waals surface area contributed by atoms with Gasteiger partial charge in [0.05, 0.1) is 30.5 Å². The van der Waals surface area contributed by atoms with Crippen LogP contribution in [0.4, 0.5) is 13.2 Å². The van der Waals surface area contributed by atoms with Crippen LogP contribution in [0.5, 0.6) is 0 Å². The molecule has 0 aliphatic rings. The molecule has 0 aliphatic heterocycles. The Labute approximate surface area is 135 Å². The standard InChI is InChI=1S/C16H13F3N4O/c17-16(18,19)9-11-22-15(24)7-6-13(21-22)14-8-10-20-23(14)12-4-2-1-3-5-12/h1-8,10H,9,11H2. The molecule has 0 saturated carbocycles. The number of rotatable bonds is 4. The van der Waals surface area contributed by atoms with Crippen LogP contribution < -0.4 is 5.56 Å². The summed E-state index contributed by atoms with van der Waals surface area (Å²) in [6, 6.07) is 13.6. The molecule has 2 heterocycles. The smallest absolute Gasteiger partial charge is 0.268 e. The molecule has 5 nitrogen and oxygen atoms in total. The van der Waals surface area contributed by atoms with Gasteiger partial charge >= 0.3 is 6.18 Å². The van der Waals surface area contributed by atoms with E-state index in [1.807, 2.05) is 30.3 Å². The molecule has 0 N–H and O–H groups in total.